The molecule has 0 saturated carbocycles. The van der Waals surface area contributed by atoms with Crippen molar-refractivity contribution in [1.29, 1.82) is 0 Å². The lowest BCUT2D eigenvalue weighted by molar-refractivity contribution is -0.116. The molecule has 0 aliphatic rings. The number of oxazole rings is 1. The van der Waals surface area contributed by atoms with Gasteiger partial charge in [-0.25, -0.2) is 14.4 Å². The van der Waals surface area contributed by atoms with E-state index in [0.717, 1.165) is 28.0 Å². The fourth-order valence-corrected chi connectivity index (χ4v) is 3.42. The highest BCUT2D eigenvalue weighted by molar-refractivity contribution is 5.91. The molecule has 6 nitrogen and oxygen atoms in total. The standard InChI is InChI=1S/C25H19FN4O2/c26-18-9-5-16(6-10-18)22-15-27-24(32-22)14-13-23(31)28-19-11-7-17(8-12-19)25-29-20-3-1-2-4-21(20)30-25/h1-12,15H,13-14H2,(H,28,31)(H,29,30). The van der Waals surface area contributed by atoms with Crippen LogP contribution in [-0.4, -0.2) is 20.9 Å². The van der Waals surface area contributed by atoms with E-state index >= 15 is 0 Å². The molecule has 0 fully saturated rings. The van der Waals surface area contributed by atoms with Crippen LogP contribution < -0.4 is 5.32 Å². The van der Waals surface area contributed by atoms with Crippen molar-refractivity contribution in [3.63, 3.8) is 0 Å². The number of para-hydroxylation sites is 2. The molecule has 0 aliphatic heterocycles. The average molecular weight is 426 g/mol. The fraction of sp³-hybridized carbons (Fsp3) is 0.0800. The number of nitrogens with zero attached hydrogens (tertiary/aromatic N) is 2. The maximum Gasteiger partial charge on any atom is 0.224 e. The van der Waals surface area contributed by atoms with Crippen LogP contribution >= 0.6 is 0 Å². The first kappa shape index (κ1) is 19.7. The lowest BCUT2D eigenvalue weighted by Crippen LogP contribution is -2.12. The van der Waals surface area contributed by atoms with Crippen LogP contribution in [0.3, 0.4) is 0 Å². The number of amides is 1. The number of nitrogens with one attached hydrogen (secondary N) is 2. The Bertz CT molecular complexity index is 1340. The van der Waals surface area contributed by atoms with Crippen LogP contribution in [0.1, 0.15) is 12.3 Å². The second-order valence-corrected chi connectivity index (χ2v) is 7.35. The number of hydrogen-bond donors (Lipinski definition) is 2. The van der Waals surface area contributed by atoms with Gasteiger partial charge in [0.05, 0.1) is 17.2 Å². The summed E-state index contributed by atoms with van der Waals surface area (Å²) in [6.45, 7) is 0. The van der Waals surface area contributed by atoms with Crippen molar-refractivity contribution in [2.75, 3.05) is 5.32 Å². The van der Waals surface area contributed by atoms with Gasteiger partial charge in [-0.2, -0.15) is 0 Å². The van der Waals surface area contributed by atoms with Crippen LogP contribution in [0.4, 0.5) is 10.1 Å². The van der Waals surface area contributed by atoms with Gasteiger partial charge in [0.1, 0.15) is 11.6 Å². The molecule has 2 aromatic heterocycles. The van der Waals surface area contributed by atoms with E-state index in [2.05, 4.69) is 20.3 Å². The molecular weight excluding hydrogens is 407 g/mol. The van der Waals surface area contributed by atoms with E-state index in [1.54, 1.807) is 18.3 Å². The zero-order valence-corrected chi connectivity index (χ0v) is 17.0. The van der Waals surface area contributed by atoms with Gasteiger partial charge < -0.3 is 14.7 Å². The van der Waals surface area contributed by atoms with Crippen molar-refractivity contribution in [1.82, 2.24) is 15.0 Å². The Balaban J connectivity index is 1.18. The highest BCUT2D eigenvalue weighted by atomic mass is 19.1. The number of fused-ring (bicyclic) bond motifs is 1. The molecule has 0 spiro atoms. The van der Waals surface area contributed by atoms with Gasteiger partial charge >= 0.3 is 0 Å². The monoisotopic (exact) mass is 426 g/mol. The number of anilines is 1. The quantitative estimate of drug-likeness (QED) is 0.370. The highest BCUT2D eigenvalue weighted by Gasteiger charge is 2.10. The van der Waals surface area contributed by atoms with Crippen LogP contribution in [0.25, 0.3) is 33.7 Å². The number of rotatable bonds is 6. The van der Waals surface area contributed by atoms with E-state index in [1.165, 1.54) is 12.1 Å². The molecule has 3 aromatic carbocycles. The van der Waals surface area contributed by atoms with Gasteiger partial charge in [0.25, 0.3) is 0 Å². The van der Waals surface area contributed by atoms with Gasteiger partial charge in [0, 0.05) is 29.7 Å². The van der Waals surface area contributed by atoms with Crippen LogP contribution in [0.5, 0.6) is 0 Å². The summed E-state index contributed by atoms with van der Waals surface area (Å²) in [6.07, 6.45) is 2.18. The van der Waals surface area contributed by atoms with E-state index in [4.69, 9.17) is 4.42 Å². The van der Waals surface area contributed by atoms with Crippen molar-refractivity contribution in [2.24, 2.45) is 0 Å². The maximum atomic E-state index is 13.1. The minimum Gasteiger partial charge on any atom is -0.441 e. The van der Waals surface area contributed by atoms with Gasteiger partial charge in [-0.1, -0.05) is 12.1 Å². The fourth-order valence-electron chi connectivity index (χ4n) is 3.42. The second kappa shape index (κ2) is 8.47. The van der Waals surface area contributed by atoms with E-state index in [-0.39, 0.29) is 18.1 Å². The summed E-state index contributed by atoms with van der Waals surface area (Å²) in [6, 6.07) is 21.4. The SMILES string of the molecule is O=C(CCc1ncc(-c2ccc(F)cc2)o1)Nc1ccc(-c2nc3ccccc3[nH]2)cc1. The number of aromatic amines is 1. The summed E-state index contributed by atoms with van der Waals surface area (Å²) < 4.78 is 18.7. The van der Waals surface area contributed by atoms with Crippen LogP contribution in [0.15, 0.2) is 83.4 Å². The topological polar surface area (TPSA) is 83.8 Å². The number of benzene rings is 3. The van der Waals surface area contributed by atoms with Crippen LogP contribution in [0.2, 0.25) is 0 Å². The molecule has 0 atom stereocenters. The molecule has 2 heterocycles. The Morgan fingerprint density at radius 1 is 0.969 bits per heavy atom. The van der Waals surface area contributed by atoms with Crippen molar-refractivity contribution < 1.29 is 13.6 Å². The lowest BCUT2D eigenvalue weighted by atomic mass is 10.2. The first-order valence-corrected chi connectivity index (χ1v) is 10.2. The van der Waals surface area contributed by atoms with Crippen LogP contribution in [-0.2, 0) is 11.2 Å². The average Bonchev–Trinajstić information content (AvgIpc) is 3.46. The normalized spacial score (nSPS) is 11.0. The van der Waals surface area contributed by atoms with Crippen molar-refractivity contribution >= 4 is 22.6 Å². The molecule has 0 bridgehead atoms. The molecule has 32 heavy (non-hydrogen) atoms. The maximum absolute atomic E-state index is 13.1. The number of imidazole rings is 1. The first-order valence-electron chi connectivity index (χ1n) is 10.2. The Kier molecular flexibility index (Phi) is 5.21. The van der Waals surface area contributed by atoms with Crippen molar-refractivity contribution in [3.05, 3.63) is 90.7 Å². The molecule has 7 heteroatoms. The van der Waals surface area contributed by atoms with E-state index in [1.807, 2.05) is 48.5 Å². The lowest BCUT2D eigenvalue weighted by Gasteiger charge is -2.05. The molecule has 5 rings (SSSR count). The number of H-pyrrole nitrogens is 1. The highest BCUT2D eigenvalue weighted by Crippen LogP contribution is 2.23. The van der Waals surface area contributed by atoms with Gasteiger partial charge in [0.15, 0.2) is 11.7 Å². The van der Waals surface area contributed by atoms with Gasteiger partial charge in [-0.3, -0.25) is 4.79 Å². The molecular formula is C25H19FN4O2. The van der Waals surface area contributed by atoms with E-state index < -0.39 is 0 Å². The van der Waals surface area contributed by atoms with Gasteiger partial charge in [-0.15, -0.1) is 0 Å². The Morgan fingerprint density at radius 2 is 1.72 bits per heavy atom. The minimum absolute atomic E-state index is 0.136. The summed E-state index contributed by atoms with van der Waals surface area (Å²) in [7, 11) is 0. The third-order valence-electron chi connectivity index (χ3n) is 5.08. The summed E-state index contributed by atoms with van der Waals surface area (Å²) in [5.74, 6) is 1.34. The smallest absolute Gasteiger partial charge is 0.224 e. The van der Waals surface area contributed by atoms with Crippen molar-refractivity contribution in [2.45, 2.75) is 12.8 Å². The predicted octanol–water partition coefficient (Wildman–Crippen LogP) is 5.60. The van der Waals surface area contributed by atoms with E-state index in [0.29, 0.717) is 23.8 Å². The molecule has 1 amide bonds. The summed E-state index contributed by atoms with van der Waals surface area (Å²) >= 11 is 0. The predicted molar refractivity (Wildman–Crippen MR) is 120 cm³/mol. The summed E-state index contributed by atoms with van der Waals surface area (Å²) in [5.41, 5.74) is 4.27. The molecule has 0 unspecified atom stereocenters. The number of halogens is 1. The second-order valence-electron chi connectivity index (χ2n) is 7.35. The zero-order chi connectivity index (χ0) is 21.9. The van der Waals surface area contributed by atoms with Gasteiger partial charge in [-0.05, 0) is 60.7 Å². The van der Waals surface area contributed by atoms with Crippen LogP contribution in [0, 0.1) is 5.82 Å². The minimum atomic E-state index is -0.309. The molecule has 2 N–H and O–H groups in total. The number of aryl methyl sites for hydroxylation is 1. The first-order chi connectivity index (χ1) is 15.6. The van der Waals surface area contributed by atoms with Gasteiger partial charge in [0.2, 0.25) is 5.91 Å². The third-order valence-corrected chi connectivity index (χ3v) is 5.08. The Labute approximate surface area is 183 Å². The molecule has 5 aromatic rings. The molecule has 0 aliphatic carbocycles. The third kappa shape index (κ3) is 4.27. The molecule has 0 radical (unpaired) electrons. The summed E-state index contributed by atoms with van der Waals surface area (Å²) in [5, 5.41) is 2.88. The Hall–Kier alpha value is -4.26. The summed E-state index contributed by atoms with van der Waals surface area (Å²) in [4.78, 5) is 24.4. The Morgan fingerprint density at radius 3 is 2.50 bits per heavy atom. The largest absolute Gasteiger partial charge is 0.441 e. The van der Waals surface area contributed by atoms with E-state index in [9.17, 15) is 9.18 Å². The zero-order valence-electron chi connectivity index (χ0n) is 17.0. The number of aromatic nitrogens is 3. The number of carbonyl (C=O) groups excluding carboxylic acids is 1. The molecule has 158 valence electrons. The molecule has 0 saturated heterocycles. The van der Waals surface area contributed by atoms with Crippen molar-refractivity contribution in [3.8, 4) is 22.7 Å². The number of hydrogen-bond acceptors (Lipinski definition) is 4. The number of carbonyl (C=O) groups is 1.